The Balaban J connectivity index is 1.74. The molecule has 0 aliphatic carbocycles. The summed E-state index contributed by atoms with van der Waals surface area (Å²) in [6.45, 7) is 1.90. The fourth-order valence-electron chi connectivity index (χ4n) is 2.89. The number of rotatable bonds is 3. The Kier molecular flexibility index (Phi) is 4.92. The van der Waals surface area contributed by atoms with E-state index in [0.29, 0.717) is 0 Å². The van der Waals surface area contributed by atoms with Gasteiger partial charge in [-0.25, -0.2) is 4.98 Å². The quantitative estimate of drug-likeness (QED) is 0.896. The van der Waals surface area contributed by atoms with E-state index < -0.39 is 17.6 Å². The van der Waals surface area contributed by atoms with E-state index in [1.807, 2.05) is 0 Å². The number of piperidine rings is 1. The van der Waals surface area contributed by atoms with Crippen molar-refractivity contribution < 1.29 is 18.0 Å². The van der Waals surface area contributed by atoms with Gasteiger partial charge in [0.2, 0.25) is 0 Å². The zero-order valence-electron chi connectivity index (χ0n) is 13.5. The zero-order valence-corrected chi connectivity index (χ0v) is 13.5. The van der Waals surface area contributed by atoms with Crippen molar-refractivity contribution in [3.63, 3.8) is 0 Å². The number of anilines is 2. The highest BCUT2D eigenvalue weighted by molar-refractivity contribution is 6.03. The molecule has 1 amide bonds. The first-order valence-corrected chi connectivity index (χ1v) is 8.14. The summed E-state index contributed by atoms with van der Waals surface area (Å²) in [5.74, 6) is -0.665. The van der Waals surface area contributed by atoms with Crippen LogP contribution in [0, 0.1) is 0 Å². The van der Waals surface area contributed by atoms with E-state index in [1.165, 1.54) is 30.7 Å². The molecule has 2 aromatic rings. The Morgan fingerprint density at radius 3 is 2.40 bits per heavy atom. The van der Waals surface area contributed by atoms with E-state index in [9.17, 15) is 18.0 Å². The molecular weight excluding hydrogens is 331 g/mol. The van der Waals surface area contributed by atoms with E-state index in [1.54, 1.807) is 12.3 Å². The van der Waals surface area contributed by atoms with Gasteiger partial charge in [0.1, 0.15) is 5.69 Å². The average Bonchev–Trinajstić information content (AvgIpc) is 2.62. The summed E-state index contributed by atoms with van der Waals surface area (Å²) >= 11 is 0. The maximum absolute atomic E-state index is 13.0. The smallest absolute Gasteiger partial charge is 0.370 e. The highest BCUT2D eigenvalue weighted by Crippen LogP contribution is 2.34. The number of halogens is 3. The second-order valence-electron chi connectivity index (χ2n) is 5.95. The lowest BCUT2D eigenvalue weighted by atomic mass is 10.1. The summed E-state index contributed by atoms with van der Waals surface area (Å²) in [6, 6.07) is 8.20. The van der Waals surface area contributed by atoms with Crippen LogP contribution in [0.15, 0.2) is 42.6 Å². The summed E-state index contributed by atoms with van der Waals surface area (Å²) in [5.41, 5.74) is -0.153. The summed E-state index contributed by atoms with van der Waals surface area (Å²) in [4.78, 5) is 18.5. The first-order chi connectivity index (χ1) is 11.9. The van der Waals surface area contributed by atoms with Crippen molar-refractivity contribution in [1.29, 1.82) is 0 Å². The van der Waals surface area contributed by atoms with Gasteiger partial charge in [-0.15, -0.1) is 0 Å². The van der Waals surface area contributed by atoms with Gasteiger partial charge in [-0.3, -0.25) is 4.79 Å². The van der Waals surface area contributed by atoms with Gasteiger partial charge >= 0.3 is 6.18 Å². The molecule has 0 radical (unpaired) electrons. The lowest BCUT2D eigenvalue weighted by Gasteiger charge is -2.28. The molecule has 1 aliphatic heterocycles. The Labute approximate surface area is 143 Å². The van der Waals surface area contributed by atoms with Crippen molar-refractivity contribution in [3.05, 3.63) is 53.9 Å². The van der Waals surface area contributed by atoms with Crippen LogP contribution in [0.4, 0.5) is 24.5 Å². The number of para-hydroxylation sites is 1. The molecule has 132 valence electrons. The molecule has 1 aromatic heterocycles. The lowest BCUT2D eigenvalue weighted by Crippen LogP contribution is -2.29. The molecule has 3 rings (SSSR count). The molecule has 1 N–H and O–H groups in total. The summed E-state index contributed by atoms with van der Waals surface area (Å²) in [6.07, 6.45) is 0.515. The largest absolute Gasteiger partial charge is 0.418 e. The van der Waals surface area contributed by atoms with Crippen molar-refractivity contribution in [2.24, 2.45) is 0 Å². The highest BCUT2D eigenvalue weighted by atomic mass is 19.4. The van der Waals surface area contributed by atoms with Crippen LogP contribution in [0.25, 0.3) is 0 Å². The number of hydrogen-bond donors (Lipinski definition) is 1. The zero-order chi connectivity index (χ0) is 17.9. The molecule has 1 fully saturated rings. The summed E-state index contributed by atoms with van der Waals surface area (Å²) in [5, 5.41) is 2.30. The Morgan fingerprint density at radius 2 is 1.76 bits per heavy atom. The number of aromatic nitrogens is 1. The number of benzene rings is 1. The second kappa shape index (κ2) is 7.13. The van der Waals surface area contributed by atoms with E-state index >= 15 is 0 Å². The van der Waals surface area contributed by atoms with Crippen molar-refractivity contribution in [2.75, 3.05) is 23.3 Å². The molecular formula is C18H18F3N3O. The molecule has 0 atom stereocenters. The molecule has 2 heterocycles. The fourth-order valence-corrected chi connectivity index (χ4v) is 2.89. The molecule has 0 bridgehead atoms. The number of amides is 1. The summed E-state index contributed by atoms with van der Waals surface area (Å²) < 4.78 is 39.0. The first-order valence-electron chi connectivity index (χ1n) is 8.14. The van der Waals surface area contributed by atoms with Gasteiger partial charge in [-0.2, -0.15) is 13.2 Å². The van der Waals surface area contributed by atoms with E-state index in [4.69, 9.17) is 0 Å². The SMILES string of the molecule is O=C(Nc1ccccc1C(F)(F)F)c1ccc(N2CCCCC2)cn1. The minimum absolute atomic E-state index is 0.0812. The van der Waals surface area contributed by atoms with Gasteiger partial charge < -0.3 is 10.2 Å². The van der Waals surface area contributed by atoms with E-state index in [2.05, 4.69) is 15.2 Å². The van der Waals surface area contributed by atoms with Crippen LogP contribution in [0.3, 0.4) is 0 Å². The molecule has 1 aromatic carbocycles. The highest BCUT2D eigenvalue weighted by Gasteiger charge is 2.33. The maximum atomic E-state index is 13.0. The lowest BCUT2D eigenvalue weighted by molar-refractivity contribution is -0.136. The van der Waals surface area contributed by atoms with Crippen molar-refractivity contribution in [1.82, 2.24) is 4.98 Å². The molecule has 1 saturated heterocycles. The third kappa shape index (κ3) is 4.10. The molecule has 1 aliphatic rings. The van der Waals surface area contributed by atoms with Crippen LogP contribution >= 0.6 is 0 Å². The van der Waals surface area contributed by atoms with Crippen LogP contribution in [-0.4, -0.2) is 24.0 Å². The van der Waals surface area contributed by atoms with Crippen LogP contribution < -0.4 is 10.2 Å². The second-order valence-corrected chi connectivity index (χ2v) is 5.95. The van der Waals surface area contributed by atoms with Gasteiger partial charge in [0.05, 0.1) is 23.1 Å². The van der Waals surface area contributed by atoms with Gasteiger partial charge in [-0.05, 0) is 43.5 Å². The Hall–Kier alpha value is -2.57. The molecule has 25 heavy (non-hydrogen) atoms. The third-order valence-electron chi connectivity index (χ3n) is 4.18. The topological polar surface area (TPSA) is 45.2 Å². The average molecular weight is 349 g/mol. The standard InChI is InChI=1S/C18H18F3N3O/c19-18(20,21)14-6-2-3-7-15(14)23-17(25)16-9-8-13(12-22-16)24-10-4-1-5-11-24/h2-3,6-9,12H,1,4-5,10-11H2,(H,23,25). The monoisotopic (exact) mass is 349 g/mol. The molecule has 0 saturated carbocycles. The van der Waals surface area contributed by atoms with Gasteiger partial charge in [0.15, 0.2) is 0 Å². The number of hydrogen-bond acceptors (Lipinski definition) is 3. The van der Waals surface area contributed by atoms with Crippen molar-refractivity contribution in [3.8, 4) is 0 Å². The first kappa shape index (κ1) is 17.3. The van der Waals surface area contributed by atoms with Crippen LogP contribution in [-0.2, 0) is 6.18 Å². The number of nitrogens with one attached hydrogen (secondary N) is 1. The number of carbonyl (C=O) groups is 1. The van der Waals surface area contributed by atoms with Gasteiger partial charge in [0, 0.05) is 13.1 Å². The van der Waals surface area contributed by atoms with Crippen molar-refractivity contribution >= 4 is 17.3 Å². The number of pyridine rings is 1. The molecule has 0 unspecified atom stereocenters. The fraction of sp³-hybridized carbons (Fsp3) is 0.333. The van der Waals surface area contributed by atoms with Gasteiger partial charge in [0.25, 0.3) is 5.91 Å². The van der Waals surface area contributed by atoms with Crippen molar-refractivity contribution in [2.45, 2.75) is 25.4 Å². The predicted octanol–water partition coefficient (Wildman–Crippen LogP) is 4.34. The van der Waals surface area contributed by atoms with Crippen LogP contribution in [0.5, 0.6) is 0 Å². The normalized spacial score (nSPS) is 15.1. The third-order valence-corrected chi connectivity index (χ3v) is 4.18. The summed E-state index contributed by atoms with van der Waals surface area (Å²) in [7, 11) is 0. The van der Waals surface area contributed by atoms with Crippen LogP contribution in [0.2, 0.25) is 0 Å². The molecule has 4 nitrogen and oxygen atoms in total. The predicted molar refractivity (Wildman–Crippen MR) is 89.7 cm³/mol. The number of alkyl halides is 3. The van der Waals surface area contributed by atoms with E-state index in [0.717, 1.165) is 37.7 Å². The maximum Gasteiger partial charge on any atom is 0.418 e. The minimum atomic E-state index is -4.53. The van der Waals surface area contributed by atoms with Gasteiger partial charge in [-0.1, -0.05) is 12.1 Å². The molecule has 0 spiro atoms. The van der Waals surface area contributed by atoms with E-state index in [-0.39, 0.29) is 11.4 Å². The number of carbonyl (C=O) groups excluding carboxylic acids is 1. The number of nitrogens with zero attached hydrogens (tertiary/aromatic N) is 2. The minimum Gasteiger partial charge on any atom is -0.370 e. The Morgan fingerprint density at radius 1 is 1.04 bits per heavy atom. The van der Waals surface area contributed by atoms with Crippen LogP contribution in [0.1, 0.15) is 35.3 Å². The Bertz CT molecular complexity index is 738. The molecule has 7 heteroatoms.